The molecule has 2 N–H and O–H groups in total. The van der Waals surface area contributed by atoms with E-state index in [0.717, 1.165) is 6.42 Å². The van der Waals surface area contributed by atoms with Gasteiger partial charge in [-0.3, -0.25) is 4.79 Å². The van der Waals surface area contributed by atoms with E-state index >= 15 is 0 Å². The van der Waals surface area contributed by atoms with E-state index in [9.17, 15) is 9.59 Å². The number of carboxylic acid groups (broad SMARTS) is 1. The Morgan fingerprint density at radius 1 is 1.39 bits per heavy atom. The molecule has 0 rings (SSSR count). The van der Waals surface area contributed by atoms with Crippen LogP contribution in [-0.2, 0) is 9.53 Å². The maximum atomic E-state index is 11.6. The lowest BCUT2D eigenvalue weighted by atomic mass is 10.0. The van der Waals surface area contributed by atoms with Crippen molar-refractivity contribution >= 4 is 12.0 Å². The predicted octanol–water partition coefficient (Wildman–Crippen LogP) is 1.17. The van der Waals surface area contributed by atoms with Crippen molar-refractivity contribution in [1.29, 1.82) is 0 Å². The van der Waals surface area contributed by atoms with Gasteiger partial charge in [-0.25, -0.2) is 4.79 Å². The predicted molar refractivity (Wildman–Crippen MR) is 68.6 cm³/mol. The Labute approximate surface area is 108 Å². The van der Waals surface area contributed by atoms with E-state index in [1.807, 2.05) is 13.8 Å². The van der Waals surface area contributed by atoms with E-state index in [-0.39, 0.29) is 12.6 Å². The highest BCUT2D eigenvalue weighted by Crippen LogP contribution is 2.05. The number of likely N-dealkylation sites (N-methyl/N-ethyl adjacent to an activating group) is 1. The van der Waals surface area contributed by atoms with Crippen LogP contribution in [0.15, 0.2) is 0 Å². The number of carbonyl (C=O) groups excluding carboxylic acids is 1. The Hall–Kier alpha value is -1.30. The molecular formula is C12H24N2O4. The maximum absolute atomic E-state index is 11.6. The molecule has 0 spiro atoms. The summed E-state index contributed by atoms with van der Waals surface area (Å²) >= 11 is 0. The molecule has 106 valence electrons. The molecule has 0 aromatic heterocycles. The van der Waals surface area contributed by atoms with Crippen molar-refractivity contribution in [3.05, 3.63) is 0 Å². The molecule has 18 heavy (non-hydrogen) atoms. The molecule has 0 aliphatic rings. The summed E-state index contributed by atoms with van der Waals surface area (Å²) in [5.41, 5.74) is 0. The highest BCUT2D eigenvalue weighted by atomic mass is 16.5. The second-order valence-electron chi connectivity index (χ2n) is 4.13. The van der Waals surface area contributed by atoms with Crippen LogP contribution in [0.2, 0.25) is 0 Å². The summed E-state index contributed by atoms with van der Waals surface area (Å²) < 4.78 is 5.14. The second-order valence-corrected chi connectivity index (χ2v) is 4.13. The zero-order valence-corrected chi connectivity index (χ0v) is 11.4. The summed E-state index contributed by atoms with van der Waals surface area (Å²) in [4.78, 5) is 24.0. The molecule has 0 radical (unpaired) electrons. The molecule has 0 fully saturated rings. The molecule has 0 aromatic rings. The first kappa shape index (κ1) is 16.7. The third kappa shape index (κ3) is 7.11. The van der Waals surface area contributed by atoms with Crippen molar-refractivity contribution in [2.75, 3.05) is 33.4 Å². The summed E-state index contributed by atoms with van der Waals surface area (Å²) in [5, 5.41) is 11.6. The number of carboxylic acids is 1. The highest BCUT2D eigenvalue weighted by molar-refractivity contribution is 5.75. The molecule has 6 heteroatoms. The molecule has 0 aliphatic heterocycles. The van der Waals surface area contributed by atoms with Crippen molar-refractivity contribution in [2.45, 2.75) is 26.7 Å². The van der Waals surface area contributed by atoms with Crippen LogP contribution >= 0.6 is 0 Å². The minimum Gasteiger partial charge on any atom is -0.481 e. The number of ether oxygens (including phenoxy) is 1. The SMILES string of the molecule is CCCC(CNC(=O)N(C)CCOCC)C(=O)O. The average molecular weight is 260 g/mol. The smallest absolute Gasteiger partial charge is 0.317 e. The molecule has 2 amide bonds. The lowest BCUT2D eigenvalue weighted by Gasteiger charge is -2.19. The summed E-state index contributed by atoms with van der Waals surface area (Å²) in [5.74, 6) is -1.38. The van der Waals surface area contributed by atoms with Crippen LogP contribution in [0.5, 0.6) is 0 Å². The molecular weight excluding hydrogens is 236 g/mol. The van der Waals surface area contributed by atoms with Gasteiger partial charge in [0.15, 0.2) is 0 Å². The largest absolute Gasteiger partial charge is 0.481 e. The lowest BCUT2D eigenvalue weighted by molar-refractivity contribution is -0.141. The Balaban J connectivity index is 3.95. The van der Waals surface area contributed by atoms with Crippen LogP contribution in [0.3, 0.4) is 0 Å². The highest BCUT2D eigenvalue weighted by Gasteiger charge is 2.18. The van der Waals surface area contributed by atoms with Gasteiger partial charge in [0.1, 0.15) is 0 Å². The molecule has 6 nitrogen and oxygen atoms in total. The molecule has 0 saturated carbocycles. The van der Waals surface area contributed by atoms with Crippen LogP contribution in [0, 0.1) is 5.92 Å². The van der Waals surface area contributed by atoms with Gasteiger partial charge in [0.2, 0.25) is 0 Å². The molecule has 0 bridgehead atoms. The van der Waals surface area contributed by atoms with Crippen molar-refractivity contribution in [3.63, 3.8) is 0 Å². The van der Waals surface area contributed by atoms with Gasteiger partial charge in [0.25, 0.3) is 0 Å². The van der Waals surface area contributed by atoms with Gasteiger partial charge in [-0.1, -0.05) is 13.3 Å². The summed E-state index contributed by atoms with van der Waals surface area (Å²) in [6, 6.07) is -0.267. The van der Waals surface area contributed by atoms with Gasteiger partial charge >= 0.3 is 12.0 Å². The number of carbonyl (C=O) groups is 2. The van der Waals surface area contributed by atoms with Crippen LogP contribution in [0.4, 0.5) is 4.79 Å². The van der Waals surface area contributed by atoms with Gasteiger partial charge in [0, 0.05) is 26.7 Å². The third-order valence-electron chi connectivity index (χ3n) is 2.61. The van der Waals surface area contributed by atoms with E-state index in [1.165, 1.54) is 4.90 Å². The van der Waals surface area contributed by atoms with E-state index in [0.29, 0.717) is 26.2 Å². The Morgan fingerprint density at radius 2 is 2.06 bits per heavy atom. The van der Waals surface area contributed by atoms with Crippen molar-refractivity contribution in [3.8, 4) is 0 Å². The molecule has 1 atom stereocenters. The van der Waals surface area contributed by atoms with Crippen LogP contribution in [0.25, 0.3) is 0 Å². The lowest BCUT2D eigenvalue weighted by Crippen LogP contribution is -2.42. The standard InChI is InChI=1S/C12H24N2O4/c1-4-6-10(11(15)16)9-13-12(17)14(3)7-8-18-5-2/h10H,4-9H2,1-3H3,(H,13,17)(H,15,16). The zero-order chi connectivity index (χ0) is 14.0. The number of rotatable bonds is 9. The zero-order valence-electron chi connectivity index (χ0n) is 11.4. The van der Waals surface area contributed by atoms with Crippen molar-refractivity contribution in [2.24, 2.45) is 5.92 Å². The normalized spacial score (nSPS) is 11.9. The summed E-state index contributed by atoms with van der Waals surface area (Å²) in [6.07, 6.45) is 1.35. The Morgan fingerprint density at radius 3 is 2.56 bits per heavy atom. The summed E-state index contributed by atoms with van der Waals surface area (Å²) in [7, 11) is 1.66. The summed E-state index contributed by atoms with van der Waals surface area (Å²) in [6.45, 7) is 5.57. The van der Waals surface area contributed by atoms with E-state index < -0.39 is 11.9 Å². The average Bonchev–Trinajstić information content (AvgIpc) is 2.33. The monoisotopic (exact) mass is 260 g/mol. The molecule has 0 heterocycles. The Bertz CT molecular complexity index is 258. The third-order valence-corrected chi connectivity index (χ3v) is 2.61. The van der Waals surface area contributed by atoms with E-state index in [1.54, 1.807) is 7.05 Å². The van der Waals surface area contributed by atoms with Crippen molar-refractivity contribution in [1.82, 2.24) is 10.2 Å². The van der Waals surface area contributed by atoms with Gasteiger partial charge in [-0.05, 0) is 13.3 Å². The number of aliphatic carboxylic acids is 1. The molecule has 0 aliphatic carbocycles. The van der Waals surface area contributed by atoms with Crippen LogP contribution in [-0.4, -0.2) is 55.4 Å². The number of hydrogen-bond donors (Lipinski definition) is 2. The number of nitrogens with one attached hydrogen (secondary N) is 1. The first-order valence-electron chi connectivity index (χ1n) is 6.32. The van der Waals surface area contributed by atoms with Gasteiger partial charge in [-0.2, -0.15) is 0 Å². The molecule has 1 unspecified atom stereocenters. The quantitative estimate of drug-likeness (QED) is 0.610. The van der Waals surface area contributed by atoms with Crippen molar-refractivity contribution < 1.29 is 19.4 Å². The minimum atomic E-state index is -0.867. The van der Waals surface area contributed by atoms with Gasteiger partial charge in [0.05, 0.1) is 12.5 Å². The minimum absolute atomic E-state index is 0.168. The van der Waals surface area contributed by atoms with E-state index in [4.69, 9.17) is 9.84 Å². The van der Waals surface area contributed by atoms with E-state index in [2.05, 4.69) is 5.32 Å². The fraction of sp³-hybridized carbons (Fsp3) is 0.833. The number of hydrogen-bond acceptors (Lipinski definition) is 3. The number of urea groups is 1. The van der Waals surface area contributed by atoms with Gasteiger partial charge < -0.3 is 20.1 Å². The fourth-order valence-electron chi connectivity index (χ4n) is 1.45. The first-order valence-corrected chi connectivity index (χ1v) is 6.32. The molecule has 0 aromatic carbocycles. The number of amides is 2. The topological polar surface area (TPSA) is 78.9 Å². The second kappa shape index (κ2) is 9.70. The van der Waals surface area contributed by atoms with Gasteiger partial charge in [-0.15, -0.1) is 0 Å². The number of nitrogens with zero attached hydrogens (tertiary/aromatic N) is 1. The fourth-order valence-corrected chi connectivity index (χ4v) is 1.45. The van der Waals surface area contributed by atoms with Crippen LogP contribution in [0.1, 0.15) is 26.7 Å². The maximum Gasteiger partial charge on any atom is 0.317 e. The Kier molecular flexibility index (Phi) is 9.00. The first-order chi connectivity index (χ1) is 8.52. The molecule has 0 saturated heterocycles. The van der Waals surface area contributed by atoms with Crippen LogP contribution < -0.4 is 5.32 Å².